The molecule has 0 spiro atoms. The zero-order valence-corrected chi connectivity index (χ0v) is 19.3. The van der Waals surface area contributed by atoms with E-state index >= 15 is 0 Å². The average molecular weight is 507 g/mol. The summed E-state index contributed by atoms with van der Waals surface area (Å²) in [5.41, 5.74) is -0.00809. The van der Waals surface area contributed by atoms with Crippen LogP contribution in [0.2, 0.25) is 0 Å². The van der Waals surface area contributed by atoms with Crippen molar-refractivity contribution in [3.63, 3.8) is 0 Å². The van der Waals surface area contributed by atoms with E-state index in [0.29, 0.717) is 5.56 Å². The number of aliphatic hydroxyl groups is 1. The van der Waals surface area contributed by atoms with Crippen molar-refractivity contribution in [2.75, 3.05) is 18.4 Å². The highest BCUT2D eigenvalue weighted by Gasteiger charge is 2.46. The van der Waals surface area contributed by atoms with Crippen LogP contribution in [0.5, 0.6) is 0 Å². The third kappa shape index (κ3) is 5.65. The Morgan fingerprint density at radius 1 is 1.28 bits per heavy atom. The van der Waals surface area contributed by atoms with E-state index in [1.54, 1.807) is 16.4 Å². The number of hydrogen-bond acceptors (Lipinski definition) is 5. The standard InChI is InChI=1S/C24H25F4N5O3/c1-14(22(35)31-21-11-32(13-30-21)9-15-4-18(25)7-19(26)5-15)33-3-2-24(27,28)20(10-33)16-6-17(12-34)23(36)29-8-16/h4-8,11,13-14,20,34H,2-3,9-10,12H2,1H3,(H,29,36)(H,31,35)/t14-,20-/m1/s1. The first kappa shape index (κ1) is 25.6. The van der Waals surface area contributed by atoms with E-state index in [2.05, 4.69) is 15.3 Å². The molecule has 0 saturated carbocycles. The van der Waals surface area contributed by atoms with Gasteiger partial charge < -0.3 is 20.0 Å². The van der Waals surface area contributed by atoms with Gasteiger partial charge >= 0.3 is 0 Å². The number of hydrogen-bond donors (Lipinski definition) is 3. The Hall–Kier alpha value is -3.51. The first-order chi connectivity index (χ1) is 17.1. The van der Waals surface area contributed by atoms with Crippen LogP contribution in [0.3, 0.4) is 0 Å². The van der Waals surface area contributed by atoms with Gasteiger partial charge in [0.1, 0.15) is 11.6 Å². The number of H-pyrrole nitrogens is 1. The highest BCUT2D eigenvalue weighted by atomic mass is 19.3. The predicted molar refractivity (Wildman–Crippen MR) is 123 cm³/mol. The van der Waals surface area contributed by atoms with E-state index in [0.717, 1.165) is 6.07 Å². The maximum atomic E-state index is 14.8. The Kier molecular flexibility index (Phi) is 7.27. The first-order valence-electron chi connectivity index (χ1n) is 11.3. The molecule has 1 aliphatic heterocycles. The Morgan fingerprint density at radius 3 is 2.69 bits per heavy atom. The Morgan fingerprint density at radius 2 is 2.00 bits per heavy atom. The van der Waals surface area contributed by atoms with Crippen molar-refractivity contribution >= 4 is 11.7 Å². The fraction of sp³-hybridized carbons (Fsp3) is 0.375. The molecule has 3 N–H and O–H groups in total. The van der Waals surface area contributed by atoms with Crippen molar-refractivity contribution in [2.45, 2.75) is 44.4 Å². The predicted octanol–water partition coefficient (Wildman–Crippen LogP) is 2.84. The number of amides is 1. The molecule has 1 aromatic carbocycles. The summed E-state index contributed by atoms with van der Waals surface area (Å²) < 4.78 is 57.9. The van der Waals surface area contributed by atoms with E-state index in [1.165, 1.54) is 36.9 Å². The van der Waals surface area contributed by atoms with Crippen LogP contribution in [0.25, 0.3) is 0 Å². The van der Waals surface area contributed by atoms with Crippen LogP contribution in [0.15, 0.2) is 47.8 Å². The number of pyridine rings is 1. The van der Waals surface area contributed by atoms with Crippen LogP contribution in [-0.4, -0.2) is 55.5 Å². The number of likely N-dealkylation sites (tertiary alicyclic amines) is 1. The third-order valence-electron chi connectivity index (χ3n) is 6.33. The fourth-order valence-corrected chi connectivity index (χ4v) is 4.32. The van der Waals surface area contributed by atoms with Crippen LogP contribution in [-0.2, 0) is 17.9 Å². The molecule has 0 radical (unpaired) electrons. The molecule has 36 heavy (non-hydrogen) atoms. The molecule has 12 heteroatoms. The summed E-state index contributed by atoms with van der Waals surface area (Å²) in [7, 11) is 0. The maximum Gasteiger partial charge on any atom is 0.257 e. The highest BCUT2D eigenvalue weighted by molar-refractivity contribution is 5.93. The number of piperidine rings is 1. The zero-order valence-electron chi connectivity index (χ0n) is 19.3. The average Bonchev–Trinajstić information content (AvgIpc) is 3.24. The van der Waals surface area contributed by atoms with Crippen molar-refractivity contribution in [3.05, 3.63) is 81.7 Å². The van der Waals surface area contributed by atoms with Crippen molar-refractivity contribution < 1.29 is 27.5 Å². The van der Waals surface area contributed by atoms with Crippen molar-refractivity contribution in [1.29, 1.82) is 0 Å². The van der Waals surface area contributed by atoms with E-state index in [1.807, 2.05) is 0 Å². The van der Waals surface area contributed by atoms with Crippen LogP contribution in [0.1, 0.15) is 36.0 Å². The molecule has 0 unspecified atom stereocenters. The van der Waals surface area contributed by atoms with Gasteiger partial charge in [0, 0.05) is 50.1 Å². The molecule has 3 heterocycles. The molecule has 2 aromatic heterocycles. The second kappa shape index (κ2) is 10.2. The summed E-state index contributed by atoms with van der Waals surface area (Å²) in [6.07, 6.45) is 3.62. The van der Waals surface area contributed by atoms with Crippen molar-refractivity contribution in [3.8, 4) is 0 Å². The number of nitrogens with zero attached hydrogens (tertiary/aromatic N) is 3. The quantitative estimate of drug-likeness (QED) is 0.427. The van der Waals surface area contributed by atoms with Gasteiger partial charge in [-0.1, -0.05) is 0 Å². The van der Waals surface area contributed by atoms with E-state index in [9.17, 15) is 32.3 Å². The lowest BCUT2D eigenvalue weighted by atomic mass is 9.86. The summed E-state index contributed by atoms with van der Waals surface area (Å²) >= 11 is 0. The number of rotatable bonds is 7. The number of carbonyl (C=O) groups is 1. The van der Waals surface area contributed by atoms with Gasteiger partial charge in [-0.3, -0.25) is 14.5 Å². The molecular formula is C24H25F4N5O3. The summed E-state index contributed by atoms with van der Waals surface area (Å²) in [6, 6.07) is 3.65. The minimum absolute atomic E-state index is 0.0113. The molecule has 2 atom stereocenters. The molecule has 0 aliphatic carbocycles. The summed E-state index contributed by atoms with van der Waals surface area (Å²) in [5, 5.41) is 12.0. The Bertz CT molecular complexity index is 1290. The number of alkyl halides is 2. The largest absolute Gasteiger partial charge is 0.391 e. The van der Waals surface area contributed by atoms with Gasteiger partial charge in [-0.2, -0.15) is 0 Å². The number of carbonyl (C=O) groups excluding carboxylic acids is 1. The van der Waals surface area contributed by atoms with Gasteiger partial charge in [-0.25, -0.2) is 22.5 Å². The minimum Gasteiger partial charge on any atom is -0.391 e. The number of anilines is 1. The minimum atomic E-state index is -3.06. The molecular weight excluding hydrogens is 482 g/mol. The fourth-order valence-electron chi connectivity index (χ4n) is 4.32. The SMILES string of the molecule is C[C@H](C(=O)Nc1cn(Cc2cc(F)cc(F)c2)cn1)N1CCC(F)(F)[C@@H](c2c[nH]c(=O)c(CO)c2)C1. The van der Waals surface area contributed by atoms with Gasteiger partial charge in [0.15, 0.2) is 5.82 Å². The number of aromatic nitrogens is 3. The van der Waals surface area contributed by atoms with Gasteiger partial charge in [0.05, 0.1) is 24.9 Å². The smallest absolute Gasteiger partial charge is 0.257 e. The van der Waals surface area contributed by atoms with Crippen LogP contribution < -0.4 is 10.9 Å². The summed E-state index contributed by atoms with van der Waals surface area (Å²) in [4.78, 5) is 32.6. The number of imidazole rings is 1. The van der Waals surface area contributed by atoms with E-state index in [4.69, 9.17) is 0 Å². The van der Waals surface area contributed by atoms with Gasteiger partial charge in [0.25, 0.3) is 11.5 Å². The second-order valence-corrected chi connectivity index (χ2v) is 8.88. The maximum absolute atomic E-state index is 14.8. The molecule has 4 rings (SSSR count). The molecule has 8 nitrogen and oxygen atoms in total. The van der Waals surface area contributed by atoms with Crippen molar-refractivity contribution in [2.24, 2.45) is 0 Å². The van der Waals surface area contributed by atoms with Crippen LogP contribution in [0, 0.1) is 11.6 Å². The molecule has 1 aliphatic rings. The molecule has 1 amide bonds. The normalized spacial score (nSPS) is 18.7. The number of nitrogens with one attached hydrogen (secondary N) is 2. The highest BCUT2D eigenvalue weighted by Crippen LogP contribution is 2.40. The second-order valence-electron chi connectivity index (χ2n) is 8.88. The molecule has 1 saturated heterocycles. The lowest BCUT2D eigenvalue weighted by Crippen LogP contribution is -2.52. The van der Waals surface area contributed by atoms with Crippen LogP contribution in [0.4, 0.5) is 23.4 Å². The topological polar surface area (TPSA) is 103 Å². The van der Waals surface area contributed by atoms with E-state index < -0.39 is 54.0 Å². The number of aliphatic hydroxyl groups excluding tert-OH is 1. The molecule has 0 bridgehead atoms. The van der Waals surface area contributed by atoms with Crippen LogP contribution >= 0.6 is 0 Å². The first-order valence-corrected chi connectivity index (χ1v) is 11.3. The molecule has 1 fully saturated rings. The third-order valence-corrected chi connectivity index (χ3v) is 6.33. The summed E-state index contributed by atoms with van der Waals surface area (Å²) in [5.74, 6) is -6.00. The zero-order chi connectivity index (χ0) is 26.0. The monoisotopic (exact) mass is 507 g/mol. The van der Waals surface area contributed by atoms with E-state index in [-0.39, 0.29) is 36.6 Å². The number of benzene rings is 1. The van der Waals surface area contributed by atoms with Gasteiger partial charge in [-0.05, 0) is 36.2 Å². The molecule has 3 aromatic rings. The molecule has 192 valence electrons. The van der Waals surface area contributed by atoms with Crippen molar-refractivity contribution in [1.82, 2.24) is 19.4 Å². The number of aromatic amines is 1. The van der Waals surface area contributed by atoms with Gasteiger partial charge in [-0.15, -0.1) is 0 Å². The Labute approximate surface area is 203 Å². The Balaban J connectivity index is 1.42. The van der Waals surface area contributed by atoms with Gasteiger partial charge in [0.2, 0.25) is 5.91 Å². The lowest BCUT2D eigenvalue weighted by Gasteiger charge is -2.40. The number of halogens is 4. The lowest BCUT2D eigenvalue weighted by molar-refractivity contribution is -0.125. The summed E-state index contributed by atoms with van der Waals surface area (Å²) in [6.45, 7) is 0.982.